The van der Waals surface area contributed by atoms with Crippen molar-refractivity contribution in [2.45, 2.75) is 58.8 Å². The standard InChI is InChI=1S/C29H35/c1-3-5-21-29(4-2,24-27-19-13-8-14-20-27)28(22-25-15-9-6-10-16-25)23-26-17-11-7-12-18-26/h6-20H,3-5,21-24H2,1-2H3. The maximum atomic E-state index is 2.40. The molecule has 1 radical (unpaired) electrons. The minimum atomic E-state index is 0.239. The Balaban J connectivity index is 1.97. The molecule has 0 saturated carbocycles. The Morgan fingerprint density at radius 1 is 0.621 bits per heavy atom. The van der Waals surface area contributed by atoms with Crippen LogP contribution in [0.1, 0.15) is 56.2 Å². The molecule has 0 amide bonds. The second-order valence-electron chi connectivity index (χ2n) is 8.33. The van der Waals surface area contributed by atoms with Crippen molar-refractivity contribution in [1.29, 1.82) is 0 Å². The lowest BCUT2D eigenvalue weighted by molar-refractivity contribution is 0.244. The Hall–Kier alpha value is -2.34. The lowest BCUT2D eigenvalue weighted by atomic mass is 9.63. The van der Waals surface area contributed by atoms with E-state index in [1.165, 1.54) is 42.4 Å². The van der Waals surface area contributed by atoms with Crippen molar-refractivity contribution in [2.75, 3.05) is 0 Å². The highest BCUT2D eigenvalue weighted by Gasteiger charge is 2.37. The molecule has 1 unspecified atom stereocenters. The van der Waals surface area contributed by atoms with Crippen LogP contribution < -0.4 is 0 Å². The molecule has 0 aliphatic rings. The molecule has 3 rings (SSSR count). The highest BCUT2D eigenvalue weighted by atomic mass is 14.4. The van der Waals surface area contributed by atoms with Gasteiger partial charge in [-0.25, -0.2) is 0 Å². The lowest BCUT2D eigenvalue weighted by Crippen LogP contribution is -2.34. The van der Waals surface area contributed by atoms with E-state index in [1.807, 2.05) is 0 Å². The van der Waals surface area contributed by atoms with Crippen LogP contribution in [0.2, 0.25) is 0 Å². The summed E-state index contributed by atoms with van der Waals surface area (Å²) >= 11 is 0. The van der Waals surface area contributed by atoms with E-state index in [2.05, 4.69) is 105 Å². The molecule has 0 aliphatic heterocycles. The zero-order chi connectivity index (χ0) is 20.4. The molecular formula is C29H35. The van der Waals surface area contributed by atoms with Crippen LogP contribution in [-0.4, -0.2) is 0 Å². The highest BCUT2D eigenvalue weighted by Crippen LogP contribution is 2.45. The third-order valence-electron chi connectivity index (χ3n) is 6.34. The lowest BCUT2D eigenvalue weighted by Gasteiger charge is -2.41. The van der Waals surface area contributed by atoms with Gasteiger partial charge in [0.1, 0.15) is 0 Å². The van der Waals surface area contributed by atoms with E-state index in [1.54, 1.807) is 5.92 Å². The molecule has 0 fully saturated rings. The summed E-state index contributed by atoms with van der Waals surface area (Å²) in [6, 6.07) is 33.2. The van der Waals surface area contributed by atoms with Crippen molar-refractivity contribution in [3.05, 3.63) is 114 Å². The van der Waals surface area contributed by atoms with E-state index in [0.717, 1.165) is 19.3 Å². The molecule has 0 nitrogen and oxygen atoms in total. The minimum absolute atomic E-state index is 0.239. The second kappa shape index (κ2) is 11.0. The summed E-state index contributed by atoms with van der Waals surface area (Å²) in [5, 5.41) is 0. The van der Waals surface area contributed by atoms with Crippen molar-refractivity contribution in [3.63, 3.8) is 0 Å². The van der Waals surface area contributed by atoms with Crippen LogP contribution in [0.15, 0.2) is 91.0 Å². The van der Waals surface area contributed by atoms with Crippen LogP contribution in [0.3, 0.4) is 0 Å². The smallest absolute Gasteiger partial charge is 0.00889 e. The average molecular weight is 384 g/mol. The zero-order valence-corrected chi connectivity index (χ0v) is 18.1. The van der Waals surface area contributed by atoms with Crippen molar-refractivity contribution in [1.82, 2.24) is 0 Å². The van der Waals surface area contributed by atoms with Gasteiger partial charge in [0.15, 0.2) is 0 Å². The molecule has 0 spiro atoms. The summed E-state index contributed by atoms with van der Waals surface area (Å²) in [5.41, 5.74) is 4.56. The second-order valence-corrected chi connectivity index (χ2v) is 8.33. The van der Waals surface area contributed by atoms with Gasteiger partial charge in [0.25, 0.3) is 0 Å². The topological polar surface area (TPSA) is 0 Å². The summed E-state index contributed by atoms with van der Waals surface area (Å²) in [4.78, 5) is 0. The van der Waals surface area contributed by atoms with Crippen LogP contribution in [0.5, 0.6) is 0 Å². The van der Waals surface area contributed by atoms with Crippen LogP contribution in [-0.2, 0) is 19.3 Å². The van der Waals surface area contributed by atoms with Gasteiger partial charge in [-0.15, -0.1) is 0 Å². The molecule has 151 valence electrons. The maximum absolute atomic E-state index is 2.40. The maximum Gasteiger partial charge on any atom is -0.00889 e. The van der Waals surface area contributed by atoms with E-state index >= 15 is 0 Å². The van der Waals surface area contributed by atoms with Crippen molar-refractivity contribution in [3.8, 4) is 0 Å². The molecule has 0 bridgehead atoms. The molecule has 1 atom stereocenters. The first-order valence-electron chi connectivity index (χ1n) is 11.2. The molecular weight excluding hydrogens is 348 g/mol. The first kappa shape index (κ1) is 21.4. The molecule has 3 aromatic carbocycles. The number of hydrogen-bond donors (Lipinski definition) is 0. The monoisotopic (exact) mass is 383 g/mol. The first-order chi connectivity index (χ1) is 14.3. The number of unbranched alkanes of at least 4 members (excludes halogenated alkanes) is 1. The third kappa shape index (κ3) is 6.07. The molecule has 0 saturated heterocycles. The van der Waals surface area contributed by atoms with E-state index in [4.69, 9.17) is 0 Å². The zero-order valence-electron chi connectivity index (χ0n) is 18.1. The van der Waals surface area contributed by atoms with E-state index in [9.17, 15) is 0 Å². The van der Waals surface area contributed by atoms with Crippen molar-refractivity contribution >= 4 is 0 Å². The van der Waals surface area contributed by atoms with Gasteiger partial charge >= 0.3 is 0 Å². The normalized spacial score (nSPS) is 13.3. The Labute approximate surface area is 178 Å². The minimum Gasteiger partial charge on any atom is -0.0654 e. The number of hydrogen-bond acceptors (Lipinski definition) is 0. The highest BCUT2D eigenvalue weighted by molar-refractivity contribution is 5.29. The fourth-order valence-electron chi connectivity index (χ4n) is 4.57. The number of benzene rings is 3. The third-order valence-corrected chi connectivity index (χ3v) is 6.34. The molecule has 0 aliphatic carbocycles. The molecule has 0 heterocycles. The fraction of sp³-hybridized carbons (Fsp3) is 0.345. The number of rotatable bonds is 11. The van der Waals surface area contributed by atoms with Gasteiger partial charge in [-0.1, -0.05) is 118 Å². The Kier molecular flexibility index (Phi) is 8.11. The van der Waals surface area contributed by atoms with Gasteiger partial charge in [-0.05, 0) is 60.1 Å². The van der Waals surface area contributed by atoms with Crippen molar-refractivity contribution < 1.29 is 0 Å². The van der Waals surface area contributed by atoms with Gasteiger partial charge < -0.3 is 0 Å². The van der Waals surface area contributed by atoms with Crippen LogP contribution in [0.25, 0.3) is 0 Å². The molecule has 0 N–H and O–H groups in total. The summed E-state index contributed by atoms with van der Waals surface area (Å²) in [7, 11) is 0. The Morgan fingerprint density at radius 2 is 1.07 bits per heavy atom. The van der Waals surface area contributed by atoms with Gasteiger partial charge in [-0.3, -0.25) is 0 Å². The van der Waals surface area contributed by atoms with Crippen LogP contribution in [0, 0.1) is 11.3 Å². The fourth-order valence-corrected chi connectivity index (χ4v) is 4.57. The predicted molar refractivity (Wildman–Crippen MR) is 126 cm³/mol. The summed E-state index contributed by atoms with van der Waals surface area (Å²) in [6.07, 6.45) is 8.27. The quantitative estimate of drug-likeness (QED) is 0.316. The predicted octanol–water partition coefficient (Wildman–Crippen LogP) is 7.88. The molecule has 0 heteroatoms. The summed E-state index contributed by atoms with van der Waals surface area (Å²) in [5.74, 6) is 1.69. The van der Waals surface area contributed by atoms with Gasteiger partial charge in [0, 0.05) is 0 Å². The Morgan fingerprint density at radius 3 is 1.48 bits per heavy atom. The van der Waals surface area contributed by atoms with Gasteiger partial charge in [-0.2, -0.15) is 0 Å². The Bertz CT molecular complexity index is 765. The largest absolute Gasteiger partial charge is 0.0654 e. The van der Waals surface area contributed by atoms with Crippen LogP contribution >= 0.6 is 0 Å². The van der Waals surface area contributed by atoms with Gasteiger partial charge in [0.05, 0.1) is 0 Å². The summed E-state index contributed by atoms with van der Waals surface area (Å²) < 4.78 is 0. The van der Waals surface area contributed by atoms with E-state index in [0.29, 0.717) is 0 Å². The van der Waals surface area contributed by atoms with Gasteiger partial charge in [0.2, 0.25) is 0 Å². The average Bonchev–Trinajstić information content (AvgIpc) is 2.78. The van der Waals surface area contributed by atoms with Crippen molar-refractivity contribution in [2.24, 2.45) is 5.41 Å². The SMILES string of the molecule is CCCCC(CC)(Cc1ccccc1)[C](Cc1ccccc1)Cc1ccccc1. The summed E-state index contributed by atoms with van der Waals surface area (Å²) in [6.45, 7) is 4.71. The van der Waals surface area contributed by atoms with E-state index < -0.39 is 0 Å². The molecule has 0 aromatic heterocycles. The van der Waals surface area contributed by atoms with E-state index in [-0.39, 0.29) is 5.41 Å². The first-order valence-corrected chi connectivity index (χ1v) is 11.2. The molecule has 29 heavy (non-hydrogen) atoms. The van der Waals surface area contributed by atoms with Crippen LogP contribution in [0.4, 0.5) is 0 Å². The molecule has 3 aromatic rings.